The van der Waals surface area contributed by atoms with E-state index in [2.05, 4.69) is 0 Å². The van der Waals surface area contributed by atoms with Crippen molar-refractivity contribution < 1.29 is 60.9 Å². The maximum Gasteiger partial charge on any atom is 0.475 e. The highest BCUT2D eigenvalue weighted by Gasteiger charge is 2.48. The lowest BCUT2D eigenvalue weighted by atomic mass is 9.80. The van der Waals surface area contributed by atoms with E-state index in [-0.39, 0.29) is 52.2 Å². The van der Waals surface area contributed by atoms with E-state index in [0.717, 1.165) is 35.2 Å². The third-order valence-corrected chi connectivity index (χ3v) is 13.2. The van der Waals surface area contributed by atoms with Crippen LogP contribution in [0.1, 0.15) is 69.1 Å². The van der Waals surface area contributed by atoms with Gasteiger partial charge in [-0.3, -0.25) is 18.4 Å². The van der Waals surface area contributed by atoms with Gasteiger partial charge >= 0.3 is 13.8 Å². The lowest BCUT2D eigenvalue weighted by molar-refractivity contribution is -0.153. The monoisotopic (exact) mass is 915 g/mol. The zero-order chi connectivity index (χ0) is 45.8. The summed E-state index contributed by atoms with van der Waals surface area (Å²) in [6, 6.07) is 27.2. The highest BCUT2D eigenvalue weighted by Crippen LogP contribution is 2.54. The molecule has 3 aromatic carbocycles. The Morgan fingerprint density at radius 1 is 0.831 bits per heavy atom. The first-order chi connectivity index (χ1) is 31.6. The molecule has 2 fully saturated rings. The van der Waals surface area contributed by atoms with Gasteiger partial charge in [-0.25, -0.2) is 4.57 Å². The first-order valence-electron chi connectivity index (χ1n) is 21.9. The van der Waals surface area contributed by atoms with Crippen molar-refractivity contribution in [3.8, 4) is 17.6 Å². The van der Waals surface area contributed by atoms with Crippen LogP contribution in [0.2, 0.25) is 0 Å². The Kier molecular flexibility index (Phi) is 16.5. The van der Waals surface area contributed by atoms with Gasteiger partial charge in [-0.05, 0) is 66.8 Å². The predicted octanol–water partition coefficient (Wildman–Crippen LogP) is 7.38. The molecule has 16 nitrogen and oxygen atoms in total. The van der Waals surface area contributed by atoms with Gasteiger partial charge in [0.15, 0.2) is 0 Å². The standard InChI is InChI=1S/C48H58N3O13P/c1-34-21-23-50(28-34)45-26-41(63-47(53)12-8-24-52)44(62-45)32-60-65(54,59-25-9-22-49)64-42-27-46(51-29-35(2)30-57-33-51)61-43(42)31-58-48(36-10-6-5-7-11-36,37-13-17-39(55-3)18-14-37)38-15-19-40(56-4)20-16-38/h5-7,10-11,13-20,24,28-29,41-46H,8-9,12,21,23,25-27,30-33H2,1-4H3/t41-,42?,43-,44-,45-,46-,65?/m1/s1. The van der Waals surface area contributed by atoms with E-state index >= 15 is 0 Å². The zero-order valence-corrected chi connectivity index (χ0v) is 38.2. The Hall–Kier alpha value is -5.08. The van der Waals surface area contributed by atoms with Crippen LogP contribution in [0.5, 0.6) is 11.5 Å². The lowest BCUT2D eigenvalue weighted by Gasteiger charge is -2.37. The predicted molar refractivity (Wildman–Crippen MR) is 236 cm³/mol. The van der Waals surface area contributed by atoms with Gasteiger partial charge in [0.25, 0.3) is 0 Å². The molecule has 0 amide bonds. The summed E-state index contributed by atoms with van der Waals surface area (Å²) in [6.45, 7) is 4.77. The maximum atomic E-state index is 15.0. The number of nitrogens with zero attached hydrogens (tertiary/aromatic N) is 3. The van der Waals surface area contributed by atoms with Crippen molar-refractivity contribution in [3.63, 3.8) is 0 Å². The average Bonchev–Trinajstić information content (AvgIpc) is 4.07. The zero-order valence-electron chi connectivity index (χ0n) is 37.3. The summed E-state index contributed by atoms with van der Waals surface area (Å²) in [4.78, 5) is 27.8. The Bertz CT molecular complexity index is 2150. The fourth-order valence-corrected chi connectivity index (χ4v) is 9.84. The first kappa shape index (κ1) is 47.9. The summed E-state index contributed by atoms with van der Waals surface area (Å²) in [5, 5.41) is 9.44. The summed E-state index contributed by atoms with van der Waals surface area (Å²) in [7, 11) is -1.31. The highest BCUT2D eigenvalue weighted by atomic mass is 31.2. The topological polar surface area (TPSA) is 174 Å². The number of carbonyl (C=O) groups is 2. The molecule has 65 heavy (non-hydrogen) atoms. The molecule has 0 N–H and O–H groups in total. The van der Waals surface area contributed by atoms with Crippen LogP contribution in [0.4, 0.5) is 0 Å². The van der Waals surface area contributed by atoms with Gasteiger partial charge in [0.2, 0.25) is 0 Å². The van der Waals surface area contributed by atoms with Crippen LogP contribution in [0.15, 0.2) is 102 Å². The first-order valence-corrected chi connectivity index (χ1v) is 23.3. The summed E-state index contributed by atoms with van der Waals surface area (Å²) in [5.41, 5.74) is 3.39. The maximum absolute atomic E-state index is 15.0. The van der Waals surface area contributed by atoms with E-state index in [1.165, 1.54) is 5.57 Å². The molecule has 0 saturated carbocycles. The molecule has 4 heterocycles. The van der Waals surface area contributed by atoms with Gasteiger partial charge < -0.3 is 47.8 Å². The molecule has 2 unspecified atom stereocenters. The van der Waals surface area contributed by atoms with Crippen LogP contribution in [0.3, 0.4) is 0 Å². The molecule has 3 aromatic rings. The molecular weight excluding hydrogens is 858 g/mol. The van der Waals surface area contributed by atoms with E-state index in [1.54, 1.807) is 14.2 Å². The number of esters is 1. The van der Waals surface area contributed by atoms with Gasteiger partial charge in [0, 0.05) is 38.2 Å². The van der Waals surface area contributed by atoms with Crippen molar-refractivity contribution in [1.29, 1.82) is 5.26 Å². The van der Waals surface area contributed by atoms with Crippen LogP contribution >= 0.6 is 7.82 Å². The number of carbonyl (C=O) groups excluding carboxylic acids is 2. The van der Waals surface area contributed by atoms with Gasteiger partial charge in [-0.1, -0.05) is 60.2 Å². The fraction of sp³-hybridized carbons (Fsp3) is 0.479. The van der Waals surface area contributed by atoms with Crippen molar-refractivity contribution in [2.24, 2.45) is 0 Å². The smallest absolute Gasteiger partial charge is 0.475 e. The number of hydrogen-bond donors (Lipinski definition) is 0. The largest absolute Gasteiger partial charge is 0.497 e. The van der Waals surface area contributed by atoms with Crippen molar-refractivity contribution in [2.45, 2.75) is 94.8 Å². The molecule has 0 bridgehead atoms. The molecule has 0 aromatic heterocycles. The van der Waals surface area contributed by atoms with Crippen LogP contribution < -0.4 is 9.47 Å². The van der Waals surface area contributed by atoms with Crippen molar-refractivity contribution >= 4 is 20.1 Å². The Labute approximate surface area is 380 Å². The molecule has 4 aliphatic heterocycles. The number of nitriles is 1. The Balaban J connectivity index is 1.20. The van der Waals surface area contributed by atoms with Crippen LogP contribution in [-0.2, 0) is 57.0 Å². The van der Waals surface area contributed by atoms with Gasteiger partial charge in [0.1, 0.15) is 67.0 Å². The minimum absolute atomic E-state index is 0.0156. The van der Waals surface area contributed by atoms with Crippen LogP contribution in [0.25, 0.3) is 0 Å². The van der Waals surface area contributed by atoms with Gasteiger partial charge in [0.05, 0.1) is 59.6 Å². The number of phosphoric ester groups is 1. The second-order valence-electron chi connectivity index (χ2n) is 16.3. The number of aldehydes is 1. The van der Waals surface area contributed by atoms with Crippen molar-refractivity contribution in [1.82, 2.24) is 9.80 Å². The molecule has 0 spiro atoms. The number of ether oxygens (including phenoxy) is 7. The molecule has 7 atom stereocenters. The van der Waals surface area contributed by atoms with Gasteiger partial charge in [-0.2, -0.15) is 5.26 Å². The van der Waals surface area contributed by atoms with Crippen molar-refractivity contribution in [3.05, 3.63) is 119 Å². The van der Waals surface area contributed by atoms with E-state index in [0.29, 0.717) is 30.8 Å². The highest BCUT2D eigenvalue weighted by molar-refractivity contribution is 7.48. The summed E-state index contributed by atoms with van der Waals surface area (Å²) < 4.78 is 76.5. The Morgan fingerprint density at radius 3 is 2.05 bits per heavy atom. The number of methoxy groups -OCH3 is 2. The summed E-state index contributed by atoms with van der Waals surface area (Å²) in [6.07, 6.45) is 1.40. The molecule has 4 aliphatic rings. The number of phosphoric acid groups is 1. The number of benzene rings is 3. The molecule has 348 valence electrons. The average molecular weight is 916 g/mol. The third-order valence-electron chi connectivity index (χ3n) is 11.7. The van der Waals surface area contributed by atoms with E-state index in [4.69, 9.17) is 46.7 Å². The SMILES string of the molecule is COc1ccc(C(OC[C@H]2O[C@@H](N3C=C(C)COC3)CC2OP(=O)(OCCC#N)OC[C@H]2O[C@@H](N3C=C(C)CC3)C[C@H]2OC(=O)CCC=O)(c2ccccc2)c2ccc(OC)cc2)cc1. The summed E-state index contributed by atoms with van der Waals surface area (Å²) in [5.74, 6) is 0.779. The lowest BCUT2D eigenvalue weighted by Crippen LogP contribution is -2.39. The minimum Gasteiger partial charge on any atom is -0.497 e. The minimum atomic E-state index is -4.53. The molecule has 2 saturated heterocycles. The quantitative estimate of drug-likeness (QED) is 0.0321. The third kappa shape index (κ3) is 11.9. The normalized spacial score (nSPS) is 24.2. The molecule has 0 aliphatic carbocycles. The number of hydrogen-bond acceptors (Lipinski definition) is 16. The molecule has 0 radical (unpaired) electrons. The fourth-order valence-electron chi connectivity index (χ4n) is 8.44. The van der Waals surface area contributed by atoms with Crippen molar-refractivity contribution in [2.75, 3.05) is 53.9 Å². The molecule has 7 rings (SSSR count). The Morgan fingerprint density at radius 2 is 1.45 bits per heavy atom. The van der Waals surface area contributed by atoms with E-state index in [9.17, 15) is 19.4 Å². The van der Waals surface area contributed by atoms with E-state index in [1.807, 2.05) is 121 Å². The van der Waals surface area contributed by atoms with Crippen LogP contribution in [-0.4, -0.2) is 113 Å². The summed E-state index contributed by atoms with van der Waals surface area (Å²) >= 11 is 0. The number of rotatable bonds is 22. The molecular formula is C48H58N3O13P. The second kappa shape index (κ2) is 22.4. The van der Waals surface area contributed by atoms with Gasteiger partial charge in [-0.15, -0.1) is 0 Å². The second-order valence-corrected chi connectivity index (χ2v) is 18.0. The molecule has 17 heteroatoms. The van der Waals surface area contributed by atoms with Crippen LogP contribution in [0, 0.1) is 11.3 Å². The van der Waals surface area contributed by atoms with E-state index < -0.39 is 56.3 Å².